The molecule has 2 aromatic rings. The SMILES string of the molecule is CCC(=O)C1CCN(c2nc(-c3ccnc(F)c3)[nH]c(=O)c2Cl)CC1. The van der Waals surface area contributed by atoms with E-state index in [1.165, 1.54) is 12.3 Å². The zero-order valence-corrected chi connectivity index (χ0v) is 14.5. The van der Waals surface area contributed by atoms with Gasteiger partial charge in [-0.3, -0.25) is 9.59 Å². The highest BCUT2D eigenvalue weighted by Crippen LogP contribution is 2.28. The minimum atomic E-state index is -0.657. The maximum atomic E-state index is 13.3. The summed E-state index contributed by atoms with van der Waals surface area (Å²) in [5.41, 5.74) is -0.0655. The second kappa shape index (κ2) is 7.31. The van der Waals surface area contributed by atoms with Gasteiger partial charge < -0.3 is 9.88 Å². The summed E-state index contributed by atoms with van der Waals surface area (Å²) >= 11 is 6.14. The molecule has 1 aliphatic heterocycles. The first-order chi connectivity index (χ1) is 12.0. The molecular weight excluding hydrogens is 347 g/mol. The van der Waals surface area contributed by atoms with E-state index >= 15 is 0 Å². The second-order valence-electron chi connectivity index (χ2n) is 6.00. The number of anilines is 1. The van der Waals surface area contributed by atoms with Crippen molar-refractivity contribution in [3.05, 3.63) is 39.7 Å². The number of halogens is 2. The lowest BCUT2D eigenvalue weighted by Gasteiger charge is -2.32. The van der Waals surface area contributed by atoms with Crippen LogP contribution in [0.2, 0.25) is 5.02 Å². The fraction of sp³-hybridized carbons (Fsp3) is 0.412. The average Bonchev–Trinajstić information content (AvgIpc) is 2.63. The summed E-state index contributed by atoms with van der Waals surface area (Å²) in [5, 5.41) is -0.00135. The number of carbonyl (C=O) groups is 1. The Morgan fingerprint density at radius 1 is 1.44 bits per heavy atom. The maximum absolute atomic E-state index is 13.3. The van der Waals surface area contributed by atoms with E-state index in [4.69, 9.17) is 11.6 Å². The molecule has 1 aliphatic rings. The van der Waals surface area contributed by atoms with Gasteiger partial charge in [0.25, 0.3) is 5.56 Å². The zero-order chi connectivity index (χ0) is 18.0. The number of hydrogen-bond acceptors (Lipinski definition) is 5. The van der Waals surface area contributed by atoms with Gasteiger partial charge in [0.2, 0.25) is 5.95 Å². The molecule has 0 amide bonds. The van der Waals surface area contributed by atoms with E-state index in [0.717, 1.165) is 0 Å². The number of ketones is 1. The topological polar surface area (TPSA) is 79.0 Å². The van der Waals surface area contributed by atoms with Gasteiger partial charge in [0.15, 0.2) is 5.82 Å². The number of hydrogen-bond donors (Lipinski definition) is 1. The third-order valence-corrected chi connectivity index (χ3v) is 4.78. The van der Waals surface area contributed by atoms with Crippen molar-refractivity contribution in [2.24, 2.45) is 5.92 Å². The van der Waals surface area contributed by atoms with Crippen molar-refractivity contribution in [1.29, 1.82) is 0 Å². The molecule has 1 saturated heterocycles. The van der Waals surface area contributed by atoms with E-state index in [1.807, 2.05) is 11.8 Å². The number of pyridine rings is 1. The third-order valence-electron chi connectivity index (χ3n) is 4.44. The number of aromatic amines is 1. The number of nitrogens with zero attached hydrogens (tertiary/aromatic N) is 3. The van der Waals surface area contributed by atoms with Crippen LogP contribution in [-0.2, 0) is 4.79 Å². The summed E-state index contributed by atoms with van der Waals surface area (Å²) in [6.07, 6.45) is 3.25. The van der Waals surface area contributed by atoms with Crippen molar-refractivity contribution in [2.75, 3.05) is 18.0 Å². The predicted molar refractivity (Wildman–Crippen MR) is 93.3 cm³/mol. The molecule has 0 unspecified atom stereocenters. The zero-order valence-electron chi connectivity index (χ0n) is 13.8. The van der Waals surface area contributed by atoms with Crippen LogP contribution in [0.25, 0.3) is 11.4 Å². The molecule has 0 aromatic carbocycles. The quantitative estimate of drug-likeness (QED) is 0.844. The highest BCUT2D eigenvalue weighted by atomic mass is 35.5. The molecule has 6 nitrogen and oxygen atoms in total. The number of Topliss-reactive ketones (excluding diaryl/α,β-unsaturated/α-hetero) is 1. The molecule has 3 rings (SSSR count). The lowest BCUT2D eigenvalue weighted by Crippen LogP contribution is -2.37. The first-order valence-corrected chi connectivity index (χ1v) is 8.56. The summed E-state index contributed by atoms with van der Waals surface area (Å²) < 4.78 is 13.3. The van der Waals surface area contributed by atoms with Crippen LogP contribution in [0, 0.1) is 11.9 Å². The molecule has 1 N–H and O–H groups in total. The molecule has 8 heteroatoms. The fourth-order valence-electron chi connectivity index (χ4n) is 3.04. The van der Waals surface area contributed by atoms with Gasteiger partial charge in [-0.1, -0.05) is 18.5 Å². The van der Waals surface area contributed by atoms with Crippen LogP contribution in [-0.4, -0.2) is 33.8 Å². The summed E-state index contributed by atoms with van der Waals surface area (Å²) in [6, 6.07) is 2.76. The van der Waals surface area contributed by atoms with Gasteiger partial charge in [0.1, 0.15) is 16.6 Å². The Labute approximate surface area is 149 Å². The van der Waals surface area contributed by atoms with Gasteiger partial charge in [-0.15, -0.1) is 0 Å². The molecule has 0 aliphatic carbocycles. The highest BCUT2D eigenvalue weighted by Gasteiger charge is 2.26. The molecule has 0 bridgehead atoms. The Morgan fingerprint density at radius 3 is 2.80 bits per heavy atom. The normalized spacial score (nSPS) is 15.4. The third kappa shape index (κ3) is 3.71. The molecule has 0 atom stereocenters. The number of aromatic nitrogens is 3. The lowest BCUT2D eigenvalue weighted by molar-refractivity contribution is -0.123. The first-order valence-electron chi connectivity index (χ1n) is 8.19. The minimum absolute atomic E-state index is 0.00135. The van der Waals surface area contributed by atoms with E-state index in [2.05, 4.69) is 15.0 Å². The fourth-order valence-corrected chi connectivity index (χ4v) is 3.25. The van der Waals surface area contributed by atoms with Crippen molar-refractivity contribution in [2.45, 2.75) is 26.2 Å². The molecular formula is C17H18ClFN4O2. The Kier molecular flexibility index (Phi) is 5.13. The van der Waals surface area contributed by atoms with E-state index in [-0.39, 0.29) is 22.5 Å². The van der Waals surface area contributed by atoms with Gasteiger partial charge in [0, 0.05) is 43.3 Å². The van der Waals surface area contributed by atoms with Crippen LogP contribution in [0.3, 0.4) is 0 Å². The molecule has 132 valence electrons. The van der Waals surface area contributed by atoms with Gasteiger partial charge in [0.05, 0.1) is 0 Å². The van der Waals surface area contributed by atoms with E-state index in [0.29, 0.717) is 43.7 Å². The van der Waals surface area contributed by atoms with Crippen LogP contribution >= 0.6 is 11.6 Å². The number of nitrogens with one attached hydrogen (secondary N) is 1. The predicted octanol–water partition coefficient (Wildman–Crippen LogP) is 2.82. The second-order valence-corrected chi connectivity index (χ2v) is 6.38. The first kappa shape index (κ1) is 17.5. The van der Waals surface area contributed by atoms with Gasteiger partial charge in [-0.2, -0.15) is 4.39 Å². The number of H-pyrrole nitrogens is 1. The van der Waals surface area contributed by atoms with Crippen LogP contribution in [0.1, 0.15) is 26.2 Å². The largest absolute Gasteiger partial charge is 0.355 e. The number of piperidine rings is 1. The van der Waals surface area contributed by atoms with Gasteiger partial charge >= 0.3 is 0 Å². The lowest BCUT2D eigenvalue weighted by atomic mass is 9.91. The van der Waals surface area contributed by atoms with Crippen LogP contribution in [0.15, 0.2) is 23.1 Å². The average molecular weight is 365 g/mol. The summed E-state index contributed by atoms with van der Waals surface area (Å²) in [5.74, 6) is 0.251. The Balaban J connectivity index is 1.90. The minimum Gasteiger partial charge on any atom is -0.355 e. The molecule has 0 spiro atoms. The smallest absolute Gasteiger partial charge is 0.272 e. The number of rotatable bonds is 4. The molecule has 2 aromatic heterocycles. The Morgan fingerprint density at radius 2 is 2.16 bits per heavy atom. The van der Waals surface area contributed by atoms with Crippen molar-refractivity contribution in [1.82, 2.24) is 15.0 Å². The van der Waals surface area contributed by atoms with Crippen LogP contribution < -0.4 is 10.5 Å². The summed E-state index contributed by atoms with van der Waals surface area (Å²) in [7, 11) is 0. The van der Waals surface area contributed by atoms with Crippen molar-refractivity contribution < 1.29 is 9.18 Å². The molecule has 0 radical (unpaired) electrons. The highest BCUT2D eigenvalue weighted by molar-refractivity contribution is 6.32. The Hall–Kier alpha value is -2.28. The van der Waals surface area contributed by atoms with Gasteiger partial charge in [-0.05, 0) is 18.9 Å². The monoisotopic (exact) mass is 364 g/mol. The summed E-state index contributed by atoms with van der Waals surface area (Å²) in [4.78, 5) is 36.4. The van der Waals surface area contributed by atoms with Crippen LogP contribution in [0.4, 0.5) is 10.2 Å². The van der Waals surface area contributed by atoms with E-state index in [1.54, 1.807) is 6.07 Å². The molecule has 0 saturated carbocycles. The van der Waals surface area contributed by atoms with Gasteiger partial charge in [-0.25, -0.2) is 9.97 Å². The van der Waals surface area contributed by atoms with Crippen LogP contribution in [0.5, 0.6) is 0 Å². The molecule has 1 fully saturated rings. The summed E-state index contributed by atoms with van der Waals surface area (Å²) in [6.45, 7) is 3.05. The van der Waals surface area contributed by atoms with E-state index in [9.17, 15) is 14.0 Å². The molecule has 25 heavy (non-hydrogen) atoms. The van der Waals surface area contributed by atoms with Crippen molar-refractivity contribution >= 4 is 23.2 Å². The maximum Gasteiger partial charge on any atom is 0.272 e. The van der Waals surface area contributed by atoms with Crippen molar-refractivity contribution in [3.63, 3.8) is 0 Å². The van der Waals surface area contributed by atoms with Crippen molar-refractivity contribution in [3.8, 4) is 11.4 Å². The number of carbonyl (C=O) groups excluding carboxylic acids is 1. The Bertz CT molecular complexity index is 847. The van der Waals surface area contributed by atoms with E-state index < -0.39 is 11.5 Å². The molecule has 3 heterocycles. The standard InChI is InChI=1S/C17H18ClFN4O2/c1-2-12(24)10-4-7-23(8-5-10)16-14(18)17(25)22-15(21-16)11-3-6-20-13(19)9-11/h3,6,9-10H,2,4-5,7-8H2,1H3,(H,21,22,25).